The molecule has 22 heavy (non-hydrogen) atoms. The van der Waals surface area contributed by atoms with E-state index in [-0.39, 0.29) is 5.97 Å². The molecule has 2 rings (SSSR count). The van der Waals surface area contributed by atoms with Crippen molar-refractivity contribution in [2.75, 3.05) is 20.3 Å². The third-order valence-corrected chi connectivity index (χ3v) is 3.18. The predicted molar refractivity (Wildman–Crippen MR) is 84.6 cm³/mol. The van der Waals surface area contributed by atoms with Crippen LogP contribution in [0.25, 0.3) is 0 Å². The molecule has 4 heteroatoms. The van der Waals surface area contributed by atoms with Crippen molar-refractivity contribution in [3.8, 4) is 11.5 Å². The molecule has 0 amide bonds. The number of methoxy groups -OCH3 is 1. The lowest BCUT2D eigenvalue weighted by Crippen LogP contribution is -2.09. The molecule has 0 saturated carbocycles. The maximum Gasteiger partial charge on any atom is 0.338 e. The quantitative estimate of drug-likeness (QED) is 0.578. The Morgan fingerprint density at radius 2 is 1.82 bits per heavy atom. The van der Waals surface area contributed by atoms with E-state index in [0.29, 0.717) is 25.2 Å². The molecule has 0 spiro atoms. The summed E-state index contributed by atoms with van der Waals surface area (Å²) < 4.78 is 16.1. The number of ether oxygens (including phenoxy) is 3. The van der Waals surface area contributed by atoms with Gasteiger partial charge in [0.05, 0.1) is 25.9 Å². The molecule has 0 unspecified atom stereocenters. The highest BCUT2D eigenvalue weighted by Crippen LogP contribution is 2.23. The third-order valence-electron chi connectivity index (χ3n) is 3.18. The van der Waals surface area contributed by atoms with Gasteiger partial charge in [-0.25, -0.2) is 4.79 Å². The van der Waals surface area contributed by atoms with E-state index in [2.05, 4.69) is 0 Å². The largest absolute Gasteiger partial charge is 0.496 e. The van der Waals surface area contributed by atoms with Gasteiger partial charge < -0.3 is 14.2 Å². The van der Waals surface area contributed by atoms with Crippen molar-refractivity contribution < 1.29 is 19.0 Å². The average molecular weight is 300 g/mol. The zero-order valence-corrected chi connectivity index (χ0v) is 12.9. The van der Waals surface area contributed by atoms with Crippen molar-refractivity contribution in [3.05, 3.63) is 59.7 Å². The van der Waals surface area contributed by atoms with Crippen LogP contribution in [0, 0.1) is 6.92 Å². The molecule has 116 valence electrons. The first kappa shape index (κ1) is 15.9. The van der Waals surface area contributed by atoms with Gasteiger partial charge in [-0.3, -0.25) is 0 Å². The van der Waals surface area contributed by atoms with Crippen LogP contribution in [0.3, 0.4) is 0 Å². The number of esters is 1. The van der Waals surface area contributed by atoms with Gasteiger partial charge in [0.1, 0.15) is 11.5 Å². The average Bonchev–Trinajstić information content (AvgIpc) is 2.56. The summed E-state index contributed by atoms with van der Waals surface area (Å²) in [7, 11) is 1.63. The SMILES string of the molecule is COc1cc(OCCCOC(=O)c2ccccc2)ccc1C. The first-order chi connectivity index (χ1) is 10.7. The van der Waals surface area contributed by atoms with Gasteiger partial charge in [-0.1, -0.05) is 24.3 Å². The molecule has 0 aromatic heterocycles. The topological polar surface area (TPSA) is 44.8 Å². The zero-order chi connectivity index (χ0) is 15.8. The van der Waals surface area contributed by atoms with E-state index in [9.17, 15) is 4.79 Å². The smallest absolute Gasteiger partial charge is 0.338 e. The van der Waals surface area contributed by atoms with Gasteiger partial charge in [0.25, 0.3) is 0 Å². The summed E-state index contributed by atoms with van der Waals surface area (Å²) in [5, 5.41) is 0. The summed E-state index contributed by atoms with van der Waals surface area (Å²) in [6.45, 7) is 2.79. The van der Waals surface area contributed by atoms with E-state index in [1.54, 1.807) is 19.2 Å². The normalized spacial score (nSPS) is 10.1. The van der Waals surface area contributed by atoms with Gasteiger partial charge in [0, 0.05) is 12.5 Å². The third kappa shape index (κ3) is 4.52. The Morgan fingerprint density at radius 1 is 1.05 bits per heavy atom. The van der Waals surface area contributed by atoms with Crippen LogP contribution in [-0.2, 0) is 4.74 Å². The highest BCUT2D eigenvalue weighted by molar-refractivity contribution is 5.89. The second-order valence-electron chi connectivity index (χ2n) is 4.84. The summed E-state index contributed by atoms with van der Waals surface area (Å²) >= 11 is 0. The van der Waals surface area contributed by atoms with Crippen LogP contribution in [0.5, 0.6) is 11.5 Å². The van der Waals surface area contributed by atoms with E-state index < -0.39 is 0 Å². The Bertz CT molecular complexity index is 608. The summed E-state index contributed by atoms with van der Waals surface area (Å²) in [6.07, 6.45) is 0.634. The zero-order valence-electron chi connectivity index (χ0n) is 12.9. The molecular weight excluding hydrogens is 280 g/mol. The molecule has 0 N–H and O–H groups in total. The number of aryl methyl sites for hydroxylation is 1. The second kappa shape index (κ2) is 8.08. The number of hydrogen-bond donors (Lipinski definition) is 0. The molecule has 0 aliphatic heterocycles. The van der Waals surface area contributed by atoms with E-state index in [1.807, 2.05) is 43.3 Å². The van der Waals surface area contributed by atoms with Crippen LogP contribution < -0.4 is 9.47 Å². The molecule has 0 aliphatic rings. The molecule has 0 heterocycles. The fraction of sp³-hybridized carbons (Fsp3) is 0.278. The van der Waals surface area contributed by atoms with Crippen LogP contribution >= 0.6 is 0 Å². The van der Waals surface area contributed by atoms with Crippen LogP contribution in [-0.4, -0.2) is 26.3 Å². The minimum atomic E-state index is -0.308. The molecule has 0 atom stereocenters. The van der Waals surface area contributed by atoms with Crippen LogP contribution in [0.15, 0.2) is 48.5 Å². The predicted octanol–water partition coefficient (Wildman–Crippen LogP) is 3.63. The van der Waals surface area contributed by atoms with E-state index in [1.165, 1.54) is 0 Å². The van der Waals surface area contributed by atoms with Crippen molar-refractivity contribution >= 4 is 5.97 Å². The van der Waals surface area contributed by atoms with Crippen molar-refractivity contribution in [1.29, 1.82) is 0 Å². The van der Waals surface area contributed by atoms with Gasteiger partial charge in [0.15, 0.2) is 0 Å². The second-order valence-corrected chi connectivity index (χ2v) is 4.84. The standard InChI is InChI=1S/C18H20O4/c1-14-9-10-16(13-17(14)20-2)21-11-6-12-22-18(19)15-7-4-3-5-8-15/h3-5,7-10,13H,6,11-12H2,1-2H3. The fourth-order valence-electron chi connectivity index (χ4n) is 1.96. The molecule has 0 bridgehead atoms. The molecular formula is C18H20O4. The monoisotopic (exact) mass is 300 g/mol. The lowest BCUT2D eigenvalue weighted by molar-refractivity contribution is 0.0486. The van der Waals surface area contributed by atoms with Crippen LogP contribution in [0.4, 0.5) is 0 Å². The van der Waals surface area contributed by atoms with Gasteiger partial charge in [-0.15, -0.1) is 0 Å². The minimum absolute atomic E-state index is 0.308. The summed E-state index contributed by atoms with van der Waals surface area (Å²) in [4.78, 5) is 11.7. The van der Waals surface area contributed by atoms with Gasteiger partial charge in [-0.05, 0) is 30.7 Å². The highest BCUT2D eigenvalue weighted by Gasteiger charge is 2.05. The molecule has 0 saturated heterocycles. The highest BCUT2D eigenvalue weighted by atomic mass is 16.5. The lowest BCUT2D eigenvalue weighted by atomic mass is 10.2. The molecule has 2 aromatic rings. The number of hydrogen-bond acceptors (Lipinski definition) is 4. The van der Waals surface area contributed by atoms with E-state index in [4.69, 9.17) is 14.2 Å². The summed E-state index contributed by atoms with van der Waals surface area (Å²) in [6, 6.07) is 14.6. The van der Waals surface area contributed by atoms with Crippen molar-refractivity contribution in [2.24, 2.45) is 0 Å². The van der Waals surface area contributed by atoms with Crippen molar-refractivity contribution in [1.82, 2.24) is 0 Å². The fourth-order valence-corrected chi connectivity index (χ4v) is 1.96. The molecule has 2 aromatic carbocycles. The van der Waals surface area contributed by atoms with Gasteiger partial charge in [-0.2, -0.15) is 0 Å². The molecule has 0 radical (unpaired) electrons. The van der Waals surface area contributed by atoms with Crippen molar-refractivity contribution in [2.45, 2.75) is 13.3 Å². The molecule has 0 fully saturated rings. The number of rotatable bonds is 7. The minimum Gasteiger partial charge on any atom is -0.496 e. The maximum absolute atomic E-state index is 11.7. The lowest BCUT2D eigenvalue weighted by Gasteiger charge is -2.10. The number of benzene rings is 2. The Balaban J connectivity index is 1.70. The molecule has 4 nitrogen and oxygen atoms in total. The van der Waals surface area contributed by atoms with Crippen molar-refractivity contribution in [3.63, 3.8) is 0 Å². The Hall–Kier alpha value is -2.49. The first-order valence-corrected chi connectivity index (χ1v) is 7.20. The molecule has 0 aliphatic carbocycles. The van der Waals surface area contributed by atoms with Gasteiger partial charge in [0.2, 0.25) is 0 Å². The Morgan fingerprint density at radius 3 is 2.55 bits per heavy atom. The van der Waals surface area contributed by atoms with E-state index in [0.717, 1.165) is 17.1 Å². The Kier molecular flexibility index (Phi) is 5.83. The maximum atomic E-state index is 11.7. The summed E-state index contributed by atoms with van der Waals surface area (Å²) in [5.41, 5.74) is 1.62. The van der Waals surface area contributed by atoms with E-state index >= 15 is 0 Å². The number of carbonyl (C=O) groups excluding carboxylic acids is 1. The summed E-state index contributed by atoms with van der Waals surface area (Å²) in [5.74, 6) is 1.24. The van der Waals surface area contributed by atoms with Crippen LogP contribution in [0.2, 0.25) is 0 Å². The van der Waals surface area contributed by atoms with Crippen LogP contribution in [0.1, 0.15) is 22.3 Å². The number of carbonyl (C=O) groups is 1. The first-order valence-electron chi connectivity index (χ1n) is 7.20. The Labute approximate surface area is 130 Å². The van der Waals surface area contributed by atoms with Gasteiger partial charge >= 0.3 is 5.97 Å².